The number of hydrogen-bond donors (Lipinski definition) is 0. The van der Waals surface area contributed by atoms with Crippen molar-refractivity contribution in [3.63, 3.8) is 0 Å². The van der Waals surface area contributed by atoms with Crippen LogP contribution < -0.4 is 4.90 Å². The van der Waals surface area contributed by atoms with Crippen LogP contribution in [0.3, 0.4) is 0 Å². The van der Waals surface area contributed by atoms with E-state index in [-0.39, 0.29) is 0 Å². The summed E-state index contributed by atoms with van der Waals surface area (Å²) in [7, 11) is 0. The van der Waals surface area contributed by atoms with Crippen molar-refractivity contribution in [3.8, 4) is 0 Å². The molecule has 1 aliphatic carbocycles. The Morgan fingerprint density at radius 2 is 1.35 bits per heavy atom. The van der Waals surface area contributed by atoms with Crippen LogP contribution in [-0.4, -0.2) is 0 Å². The Bertz CT molecular complexity index is 584. The first-order valence-electron chi connectivity index (χ1n) is 7.12. The fourth-order valence-corrected chi connectivity index (χ4v) is 2.65. The second kappa shape index (κ2) is 5.79. The number of anilines is 2. The molecule has 0 aromatic heterocycles. The molecule has 0 saturated heterocycles. The van der Waals surface area contributed by atoms with Crippen LogP contribution in [0.15, 0.2) is 84.1 Å². The Morgan fingerprint density at radius 3 is 1.85 bits per heavy atom. The van der Waals surface area contributed by atoms with Gasteiger partial charge in [-0.3, -0.25) is 0 Å². The van der Waals surface area contributed by atoms with Gasteiger partial charge < -0.3 is 4.90 Å². The molecule has 0 radical (unpaired) electrons. The van der Waals surface area contributed by atoms with Crippen LogP contribution in [0.2, 0.25) is 0 Å². The summed E-state index contributed by atoms with van der Waals surface area (Å²) in [5.74, 6) is 0. The van der Waals surface area contributed by atoms with E-state index in [0.29, 0.717) is 0 Å². The Labute approximate surface area is 120 Å². The summed E-state index contributed by atoms with van der Waals surface area (Å²) in [5, 5.41) is 0. The molecule has 0 bridgehead atoms. The molecule has 1 aliphatic rings. The molecule has 0 heterocycles. The molecular weight excluding hydrogens is 242 g/mol. The number of allylic oxidation sites excluding steroid dienone is 4. The van der Waals surface area contributed by atoms with E-state index >= 15 is 0 Å². The molecule has 100 valence electrons. The lowest BCUT2D eigenvalue weighted by atomic mass is 10.0. The lowest BCUT2D eigenvalue weighted by Crippen LogP contribution is -2.17. The second-order valence-corrected chi connectivity index (χ2v) is 5.13. The van der Waals surface area contributed by atoms with Gasteiger partial charge in [0.2, 0.25) is 0 Å². The highest BCUT2D eigenvalue weighted by Crippen LogP contribution is 2.33. The molecule has 3 rings (SSSR count). The zero-order chi connectivity index (χ0) is 13.8. The van der Waals surface area contributed by atoms with Crippen molar-refractivity contribution in [3.05, 3.63) is 84.1 Å². The first kappa shape index (κ1) is 12.7. The van der Waals surface area contributed by atoms with E-state index in [9.17, 15) is 0 Å². The molecule has 0 spiro atoms. The number of benzene rings is 2. The van der Waals surface area contributed by atoms with Gasteiger partial charge in [0.15, 0.2) is 0 Å². The molecule has 0 atom stereocenters. The topological polar surface area (TPSA) is 3.24 Å². The highest BCUT2D eigenvalue weighted by Gasteiger charge is 2.15. The quantitative estimate of drug-likeness (QED) is 0.710. The van der Waals surface area contributed by atoms with Crippen molar-refractivity contribution in [2.45, 2.75) is 19.8 Å². The molecule has 0 amide bonds. The summed E-state index contributed by atoms with van der Waals surface area (Å²) >= 11 is 0. The van der Waals surface area contributed by atoms with Crippen molar-refractivity contribution < 1.29 is 0 Å². The van der Waals surface area contributed by atoms with Gasteiger partial charge in [-0.2, -0.15) is 0 Å². The molecule has 2 aromatic carbocycles. The van der Waals surface area contributed by atoms with E-state index in [1.165, 1.54) is 22.6 Å². The standard InChI is InChI=1S/C19H19N/c1-16-9-8-14-19(15-16)20(17-10-4-2-5-11-17)18-12-6-3-7-13-18/h2-7,9-13,15H,8,14H2,1H3. The summed E-state index contributed by atoms with van der Waals surface area (Å²) in [6.07, 6.45) is 6.80. The van der Waals surface area contributed by atoms with Crippen molar-refractivity contribution >= 4 is 11.4 Å². The molecule has 0 saturated carbocycles. The predicted molar refractivity (Wildman–Crippen MR) is 86.1 cm³/mol. The third-order valence-electron chi connectivity index (χ3n) is 3.58. The highest BCUT2D eigenvalue weighted by molar-refractivity contribution is 5.68. The SMILES string of the molecule is CC1=CCCC(N(c2ccccc2)c2ccccc2)=C1. The van der Waals surface area contributed by atoms with E-state index in [4.69, 9.17) is 0 Å². The third-order valence-corrected chi connectivity index (χ3v) is 3.58. The molecule has 1 heteroatoms. The van der Waals surface area contributed by atoms with Crippen molar-refractivity contribution in [1.29, 1.82) is 0 Å². The van der Waals surface area contributed by atoms with Gasteiger partial charge in [-0.05, 0) is 50.1 Å². The van der Waals surface area contributed by atoms with Crippen LogP contribution in [0.5, 0.6) is 0 Å². The first-order valence-corrected chi connectivity index (χ1v) is 7.12. The molecule has 2 aromatic rings. The summed E-state index contributed by atoms with van der Waals surface area (Å²) in [4.78, 5) is 2.36. The molecule has 0 aliphatic heterocycles. The smallest absolute Gasteiger partial charge is 0.0458 e. The average molecular weight is 261 g/mol. The lowest BCUT2D eigenvalue weighted by molar-refractivity contribution is 0.905. The van der Waals surface area contributed by atoms with Crippen LogP contribution in [0.25, 0.3) is 0 Å². The maximum atomic E-state index is 2.36. The van der Waals surface area contributed by atoms with E-state index in [0.717, 1.165) is 12.8 Å². The number of nitrogens with zero attached hydrogens (tertiary/aromatic N) is 1. The van der Waals surface area contributed by atoms with Gasteiger partial charge in [0, 0.05) is 17.1 Å². The van der Waals surface area contributed by atoms with Gasteiger partial charge in [0.25, 0.3) is 0 Å². The minimum atomic E-state index is 1.08. The zero-order valence-electron chi connectivity index (χ0n) is 11.8. The van der Waals surface area contributed by atoms with Crippen LogP contribution in [0.4, 0.5) is 11.4 Å². The maximum absolute atomic E-state index is 2.36. The number of para-hydroxylation sites is 2. The lowest BCUT2D eigenvalue weighted by Gasteiger charge is -2.29. The van der Waals surface area contributed by atoms with Gasteiger partial charge in [-0.15, -0.1) is 0 Å². The third kappa shape index (κ3) is 2.67. The highest BCUT2D eigenvalue weighted by atomic mass is 15.1. The summed E-state index contributed by atoms with van der Waals surface area (Å²) < 4.78 is 0. The number of rotatable bonds is 3. The summed E-state index contributed by atoms with van der Waals surface area (Å²) in [6, 6.07) is 21.2. The molecule has 20 heavy (non-hydrogen) atoms. The van der Waals surface area contributed by atoms with Crippen molar-refractivity contribution in [1.82, 2.24) is 0 Å². The van der Waals surface area contributed by atoms with Crippen LogP contribution in [0, 0.1) is 0 Å². The average Bonchev–Trinajstić information content (AvgIpc) is 2.50. The minimum Gasteiger partial charge on any atom is -0.314 e. The van der Waals surface area contributed by atoms with Crippen LogP contribution >= 0.6 is 0 Å². The van der Waals surface area contributed by atoms with Gasteiger partial charge in [0.05, 0.1) is 0 Å². The first-order chi connectivity index (χ1) is 9.84. The molecule has 0 unspecified atom stereocenters. The largest absolute Gasteiger partial charge is 0.314 e. The van der Waals surface area contributed by atoms with E-state index in [1.54, 1.807) is 0 Å². The fourth-order valence-electron chi connectivity index (χ4n) is 2.65. The zero-order valence-corrected chi connectivity index (χ0v) is 11.8. The molecule has 0 fully saturated rings. The summed E-state index contributed by atoms with van der Waals surface area (Å²) in [5.41, 5.74) is 5.16. The monoisotopic (exact) mass is 261 g/mol. The molecular formula is C19H19N. The van der Waals surface area contributed by atoms with Gasteiger partial charge in [-0.1, -0.05) is 48.0 Å². The Kier molecular flexibility index (Phi) is 3.69. The van der Waals surface area contributed by atoms with Gasteiger partial charge >= 0.3 is 0 Å². The summed E-state index contributed by atoms with van der Waals surface area (Å²) in [6.45, 7) is 2.17. The normalized spacial score (nSPS) is 14.4. The van der Waals surface area contributed by atoms with Crippen LogP contribution in [0.1, 0.15) is 19.8 Å². The van der Waals surface area contributed by atoms with Crippen molar-refractivity contribution in [2.24, 2.45) is 0 Å². The second-order valence-electron chi connectivity index (χ2n) is 5.13. The molecule has 1 nitrogen and oxygen atoms in total. The Morgan fingerprint density at radius 1 is 0.800 bits per heavy atom. The maximum Gasteiger partial charge on any atom is 0.0458 e. The van der Waals surface area contributed by atoms with Gasteiger partial charge in [0.1, 0.15) is 0 Å². The van der Waals surface area contributed by atoms with Gasteiger partial charge in [-0.25, -0.2) is 0 Å². The van der Waals surface area contributed by atoms with Crippen LogP contribution in [-0.2, 0) is 0 Å². The van der Waals surface area contributed by atoms with E-state index < -0.39 is 0 Å². The Balaban J connectivity index is 2.07. The number of hydrogen-bond acceptors (Lipinski definition) is 1. The molecule has 0 N–H and O–H groups in total. The predicted octanol–water partition coefficient (Wildman–Crippen LogP) is 5.45. The van der Waals surface area contributed by atoms with E-state index in [2.05, 4.69) is 84.6 Å². The fraction of sp³-hybridized carbons (Fsp3) is 0.158. The van der Waals surface area contributed by atoms with Crippen molar-refractivity contribution in [2.75, 3.05) is 4.90 Å². The van der Waals surface area contributed by atoms with E-state index in [1.807, 2.05) is 0 Å². The minimum absolute atomic E-state index is 1.08. The Hall–Kier alpha value is -2.28.